The smallest absolute Gasteiger partial charge is 0.183 e. The van der Waals surface area contributed by atoms with E-state index < -0.39 is 15.1 Å². The zero-order valence-electron chi connectivity index (χ0n) is 9.22. The predicted molar refractivity (Wildman–Crippen MR) is 64.3 cm³/mol. The Labute approximate surface area is 101 Å². The van der Waals surface area contributed by atoms with Crippen LogP contribution in [0, 0.1) is 5.92 Å². The number of benzene rings is 1. The zero-order valence-corrected chi connectivity index (χ0v) is 10.8. The highest BCUT2D eigenvalue weighted by Crippen LogP contribution is 2.22. The van der Waals surface area contributed by atoms with E-state index in [9.17, 15) is 8.42 Å². The van der Waals surface area contributed by atoms with Crippen molar-refractivity contribution in [1.82, 2.24) is 0 Å². The molecule has 0 aliphatic rings. The van der Waals surface area contributed by atoms with Crippen molar-refractivity contribution in [2.24, 2.45) is 5.92 Å². The van der Waals surface area contributed by atoms with Crippen LogP contribution in [0.25, 0.3) is 0 Å². The van der Waals surface area contributed by atoms with E-state index in [1.807, 2.05) is 0 Å². The van der Waals surface area contributed by atoms with Gasteiger partial charge in [-0.1, -0.05) is 25.4 Å². The van der Waals surface area contributed by atoms with Crippen LogP contribution in [0.1, 0.15) is 13.8 Å². The van der Waals surface area contributed by atoms with Gasteiger partial charge in [0.25, 0.3) is 0 Å². The van der Waals surface area contributed by atoms with Gasteiger partial charge in [0.2, 0.25) is 0 Å². The van der Waals surface area contributed by atoms with Crippen LogP contribution < -0.4 is 0 Å². The SMILES string of the molecule is CC(C)C(CO)S(=O)(=O)c1ccc(Cl)cc1. The lowest BCUT2D eigenvalue weighted by atomic mass is 10.1. The number of halogens is 1. The summed E-state index contributed by atoms with van der Waals surface area (Å²) in [6, 6.07) is 5.98. The highest BCUT2D eigenvalue weighted by Gasteiger charge is 2.29. The summed E-state index contributed by atoms with van der Waals surface area (Å²) < 4.78 is 24.2. The van der Waals surface area contributed by atoms with Gasteiger partial charge in [0.05, 0.1) is 16.8 Å². The van der Waals surface area contributed by atoms with Crippen molar-refractivity contribution >= 4 is 21.4 Å². The molecule has 0 amide bonds. The molecule has 3 nitrogen and oxygen atoms in total. The minimum absolute atomic E-state index is 0.134. The molecule has 0 spiro atoms. The average molecular weight is 263 g/mol. The Morgan fingerprint density at radius 3 is 2.12 bits per heavy atom. The van der Waals surface area contributed by atoms with Crippen LogP contribution in [-0.2, 0) is 9.84 Å². The highest BCUT2D eigenvalue weighted by molar-refractivity contribution is 7.92. The molecule has 0 aliphatic heterocycles. The van der Waals surface area contributed by atoms with Crippen molar-refractivity contribution in [3.63, 3.8) is 0 Å². The van der Waals surface area contributed by atoms with E-state index in [0.29, 0.717) is 5.02 Å². The van der Waals surface area contributed by atoms with E-state index in [1.54, 1.807) is 13.8 Å². The van der Waals surface area contributed by atoms with E-state index in [-0.39, 0.29) is 17.4 Å². The summed E-state index contributed by atoms with van der Waals surface area (Å²) in [5.41, 5.74) is 0. The molecule has 1 rings (SSSR count). The van der Waals surface area contributed by atoms with E-state index in [0.717, 1.165) is 0 Å². The Bertz CT molecular complexity index is 437. The zero-order chi connectivity index (χ0) is 12.3. The second-order valence-electron chi connectivity index (χ2n) is 3.96. The van der Waals surface area contributed by atoms with Crippen molar-refractivity contribution in [2.75, 3.05) is 6.61 Å². The number of aliphatic hydroxyl groups excluding tert-OH is 1. The first-order valence-corrected chi connectivity index (χ1v) is 6.92. The Hall–Kier alpha value is -0.580. The second kappa shape index (κ2) is 5.17. The fraction of sp³-hybridized carbons (Fsp3) is 0.455. The van der Waals surface area contributed by atoms with Crippen LogP contribution in [0.5, 0.6) is 0 Å². The van der Waals surface area contributed by atoms with Gasteiger partial charge in [0, 0.05) is 5.02 Å². The molecule has 1 aromatic carbocycles. The number of sulfone groups is 1. The lowest BCUT2D eigenvalue weighted by Gasteiger charge is -2.18. The Kier molecular flexibility index (Phi) is 4.35. The molecule has 1 unspecified atom stereocenters. The predicted octanol–water partition coefficient (Wildman–Crippen LogP) is 2.13. The van der Waals surface area contributed by atoms with Crippen LogP contribution in [0.2, 0.25) is 5.02 Å². The lowest BCUT2D eigenvalue weighted by Crippen LogP contribution is -2.30. The molecule has 0 fully saturated rings. The molecule has 0 saturated heterocycles. The maximum atomic E-state index is 12.1. The number of aliphatic hydroxyl groups is 1. The van der Waals surface area contributed by atoms with Crippen LogP contribution in [-0.4, -0.2) is 25.4 Å². The highest BCUT2D eigenvalue weighted by atomic mass is 35.5. The Morgan fingerprint density at radius 2 is 1.75 bits per heavy atom. The van der Waals surface area contributed by atoms with Gasteiger partial charge in [-0.25, -0.2) is 8.42 Å². The molecule has 0 bridgehead atoms. The van der Waals surface area contributed by atoms with E-state index in [2.05, 4.69) is 0 Å². The molecule has 1 atom stereocenters. The molecule has 16 heavy (non-hydrogen) atoms. The third-order valence-electron chi connectivity index (χ3n) is 2.46. The average Bonchev–Trinajstić information content (AvgIpc) is 2.18. The van der Waals surface area contributed by atoms with Crippen molar-refractivity contribution < 1.29 is 13.5 Å². The number of hydrogen-bond donors (Lipinski definition) is 1. The normalized spacial score (nSPS) is 14.1. The van der Waals surface area contributed by atoms with Crippen molar-refractivity contribution in [3.05, 3.63) is 29.3 Å². The molecule has 0 aromatic heterocycles. The molecule has 0 saturated carbocycles. The quantitative estimate of drug-likeness (QED) is 0.904. The molecule has 1 aromatic rings. The summed E-state index contributed by atoms with van der Waals surface area (Å²) in [7, 11) is -3.48. The number of hydrogen-bond acceptors (Lipinski definition) is 3. The Balaban J connectivity index is 3.15. The second-order valence-corrected chi connectivity index (χ2v) is 6.57. The van der Waals surface area contributed by atoms with Crippen molar-refractivity contribution in [2.45, 2.75) is 24.0 Å². The van der Waals surface area contributed by atoms with Gasteiger partial charge in [-0.2, -0.15) is 0 Å². The molecule has 0 aliphatic carbocycles. The van der Waals surface area contributed by atoms with E-state index in [1.165, 1.54) is 24.3 Å². The molecule has 0 radical (unpaired) electrons. The minimum atomic E-state index is -3.48. The van der Waals surface area contributed by atoms with Crippen molar-refractivity contribution in [3.8, 4) is 0 Å². The van der Waals surface area contributed by atoms with Gasteiger partial charge in [-0.15, -0.1) is 0 Å². The van der Waals surface area contributed by atoms with Gasteiger partial charge < -0.3 is 5.11 Å². The summed E-state index contributed by atoms with van der Waals surface area (Å²) >= 11 is 5.69. The molecule has 90 valence electrons. The van der Waals surface area contributed by atoms with Gasteiger partial charge in [-0.05, 0) is 30.2 Å². The molecular formula is C11H15ClO3S. The van der Waals surface area contributed by atoms with Crippen LogP contribution in [0.4, 0.5) is 0 Å². The summed E-state index contributed by atoms with van der Waals surface area (Å²) in [6.07, 6.45) is 0. The van der Waals surface area contributed by atoms with Gasteiger partial charge in [0.1, 0.15) is 0 Å². The fourth-order valence-electron chi connectivity index (χ4n) is 1.47. The molecule has 1 N–H and O–H groups in total. The van der Waals surface area contributed by atoms with Gasteiger partial charge in [0.15, 0.2) is 9.84 Å². The van der Waals surface area contributed by atoms with Crippen LogP contribution in [0.15, 0.2) is 29.2 Å². The van der Waals surface area contributed by atoms with Gasteiger partial charge >= 0.3 is 0 Å². The summed E-state index contributed by atoms with van der Waals surface area (Å²) in [5.74, 6) is -0.134. The maximum Gasteiger partial charge on any atom is 0.183 e. The first kappa shape index (κ1) is 13.5. The summed E-state index contributed by atoms with van der Waals surface area (Å²) in [4.78, 5) is 0.199. The van der Waals surface area contributed by atoms with Crippen LogP contribution >= 0.6 is 11.6 Å². The lowest BCUT2D eigenvalue weighted by molar-refractivity contribution is 0.269. The molecule has 5 heteroatoms. The third-order valence-corrected chi connectivity index (χ3v) is 5.14. The fourth-order valence-corrected chi connectivity index (χ4v) is 3.37. The number of rotatable bonds is 4. The minimum Gasteiger partial charge on any atom is -0.395 e. The first-order valence-electron chi connectivity index (χ1n) is 5.00. The van der Waals surface area contributed by atoms with Crippen LogP contribution in [0.3, 0.4) is 0 Å². The third kappa shape index (κ3) is 2.75. The van der Waals surface area contributed by atoms with Gasteiger partial charge in [-0.3, -0.25) is 0 Å². The van der Waals surface area contributed by atoms with Crippen molar-refractivity contribution in [1.29, 1.82) is 0 Å². The summed E-state index contributed by atoms with van der Waals surface area (Å²) in [5, 5.41) is 8.86. The largest absolute Gasteiger partial charge is 0.395 e. The summed E-state index contributed by atoms with van der Waals surface area (Å²) in [6.45, 7) is 3.17. The maximum absolute atomic E-state index is 12.1. The molecule has 0 heterocycles. The molecular weight excluding hydrogens is 248 g/mol. The topological polar surface area (TPSA) is 54.4 Å². The standard InChI is InChI=1S/C11H15ClO3S/c1-8(2)11(7-13)16(14,15)10-5-3-9(12)4-6-10/h3-6,8,11,13H,7H2,1-2H3. The Morgan fingerprint density at radius 1 is 1.25 bits per heavy atom. The monoisotopic (exact) mass is 262 g/mol. The van der Waals surface area contributed by atoms with E-state index in [4.69, 9.17) is 16.7 Å². The first-order chi connectivity index (χ1) is 7.39. The van der Waals surface area contributed by atoms with E-state index >= 15 is 0 Å².